The summed E-state index contributed by atoms with van der Waals surface area (Å²) < 4.78 is 25.5. The van der Waals surface area contributed by atoms with Gasteiger partial charge in [0, 0.05) is 17.8 Å². The summed E-state index contributed by atoms with van der Waals surface area (Å²) in [5.41, 5.74) is 7.09. The number of hydrogen-bond donors (Lipinski definition) is 2. The third kappa shape index (κ3) is 3.86. The second-order valence-electron chi connectivity index (χ2n) is 4.56. The van der Waals surface area contributed by atoms with Crippen LogP contribution in [-0.2, 0) is 16.6 Å². The summed E-state index contributed by atoms with van der Waals surface area (Å²) in [6.07, 6.45) is 2.48. The van der Waals surface area contributed by atoms with Gasteiger partial charge in [-0.2, -0.15) is 9.78 Å². The molecule has 0 atom stereocenters. The van der Waals surface area contributed by atoms with E-state index in [1.54, 1.807) is 13.0 Å². The summed E-state index contributed by atoms with van der Waals surface area (Å²) in [4.78, 5) is 16.3. The fourth-order valence-corrected chi connectivity index (χ4v) is 2.13. The number of nitrogen functional groups attached to an aromatic ring is 1. The van der Waals surface area contributed by atoms with Crippen molar-refractivity contribution in [2.75, 3.05) is 12.0 Å². The van der Waals surface area contributed by atoms with Gasteiger partial charge in [0.15, 0.2) is 0 Å². The Hall–Kier alpha value is -2.26. The van der Waals surface area contributed by atoms with Crippen LogP contribution >= 0.6 is 0 Å². The molecule has 0 aliphatic rings. The Kier molecular flexibility index (Phi) is 4.05. The first-order valence-corrected chi connectivity index (χ1v) is 7.92. The Morgan fingerprint density at radius 2 is 2.14 bits per heavy atom. The van der Waals surface area contributed by atoms with Gasteiger partial charge in [0.1, 0.15) is 5.82 Å². The summed E-state index contributed by atoms with van der Waals surface area (Å²) in [7, 11) is -3.32. The van der Waals surface area contributed by atoms with Gasteiger partial charge in [-0.15, -0.1) is 0 Å². The van der Waals surface area contributed by atoms with E-state index in [-0.39, 0.29) is 12.4 Å². The number of nitrogens with one attached hydrogen (secondary N) is 1. The Morgan fingerprint density at radius 3 is 2.71 bits per heavy atom. The minimum atomic E-state index is -3.32. The minimum absolute atomic E-state index is 0.00751. The Balaban J connectivity index is 2.25. The first-order valence-electron chi connectivity index (χ1n) is 6.02. The van der Waals surface area contributed by atoms with Crippen LogP contribution < -0.4 is 10.5 Å². The summed E-state index contributed by atoms with van der Waals surface area (Å²) in [6, 6.07) is 4.60. The normalized spacial score (nSPS) is 11.5. The molecule has 112 valence electrons. The number of nitrogens with two attached hydrogens (primary N) is 1. The van der Waals surface area contributed by atoms with Crippen LogP contribution in [-0.4, -0.2) is 35.3 Å². The van der Waals surface area contributed by atoms with Crippen molar-refractivity contribution in [3.63, 3.8) is 0 Å². The third-order valence-corrected chi connectivity index (χ3v) is 3.30. The van der Waals surface area contributed by atoms with Crippen LogP contribution in [0.2, 0.25) is 0 Å². The molecule has 8 nitrogen and oxygen atoms in total. The molecule has 0 unspecified atom stereocenters. The SMILES string of the molecule is Cc1cc(N)n(C(=O)c2ccnc(CNS(C)(=O)=O)c2)n1. The smallest absolute Gasteiger partial charge is 0.280 e. The van der Waals surface area contributed by atoms with Crippen LogP contribution in [0, 0.1) is 6.92 Å². The van der Waals surface area contributed by atoms with Gasteiger partial charge in [0.05, 0.1) is 24.2 Å². The molecule has 0 aliphatic heterocycles. The van der Waals surface area contributed by atoms with Crippen molar-refractivity contribution in [3.8, 4) is 0 Å². The van der Waals surface area contributed by atoms with Gasteiger partial charge in [-0.3, -0.25) is 9.78 Å². The number of nitrogens with zero attached hydrogens (tertiary/aromatic N) is 3. The van der Waals surface area contributed by atoms with Crippen LogP contribution in [0.4, 0.5) is 5.82 Å². The van der Waals surface area contributed by atoms with Crippen LogP contribution in [0.1, 0.15) is 21.7 Å². The molecule has 0 saturated heterocycles. The molecule has 21 heavy (non-hydrogen) atoms. The lowest BCUT2D eigenvalue weighted by molar-refractivity contribution is 0.0947. The second kappa shape index (κ2) is 5.62. The highest BCUT2D eigenvalue weighted by molar-refractivity contribution is 7.88. The molecule has 3 N–H and O–H groups in total. The van der Waals surface area contributed by atoms with Crippen molar-refractivity contribution in [3.05, 3.63) is 41.3 Å². The number of sulfonamides is 1. The van der Waals surface area contributed by atoms with Crippen LogP contribution in [0.3, 0.4) is 0 Å². The molecule has 0 fully saturated rings. The lowest BCUT2D eigenvalue weighted by Crippen LogP contribution is -2.22. The predicted octanol–water partition coefficient (Wildman–Crippen LogP) is -0.0936. The van der Waals surface area contributed by atoms with E-state index in [0.29, 0.717) is 17.0 Å². The minimum Gasteiger partial charge on any atom is -0.383 e. The van der Waals surface area contributed by atoms with Gasteiger partial charge in [0.2, 0.25) is 10.0 Å². The van der Waals surface area contributed by atoms with Crippen molar-refractivity contribution in [1.82, 2.24) is 19.5 Å². The Morgan fingerprint density at radius 1 is 1.43 bits per heavy atom. The lowest BCUT2D eigenvalue weighted by atomic mass is 10.2. The molecular weight excluding hydrogens is 294 g/mol. The fourth-order valence-electron chi connectivity index (χ4n) is 1.72. The maximum Gasteiger partial charge on any atom is 0.280 e. The van der Waals surface area contributed by atoms with Gasteiger partial charge in [0.25, 0.3) is 5.91 Å². The van der Waals surface area contributed by atoms with Crippen LogP contribution in [0.25, 0.3) is 0 Å². The zero-order valence-corrected chi connectivity index (χ0v) is 12.4. The standard InChI is InChI=1S/C12H15N5O3S/c1-8-5-11(13)17(16-8)12(18)9-3-4-14-10(6-9)7-15-21(2,19)20/h3-6,15H,7,13H2,1-2H3. The van der Waals surface area contributed by atoms with Gasteiger partial charge >= 0.3 is 0 Å². The molecule has 0 aliphatic carbocycles. The van der Waals surface area contributed by atoms with E-state index < -0.39 is 15.9 Å². The van der Waals surface area contributed by atoms with E-state index in [1.165, 1.54) is 18.3 Å². The van der Waals surface area contributed by atoms with Crippen LogP contribution in [0.15, 0.2) is 24.4 Å². The summed E-state index contributed by atoms with van der Waals surface area (Å²) >= 11 is 0. The summed E-state index contributed by atoms with van der Waals surface area (Å²) in [5, 5.41) is 4.01. The zero-order chi connectivity index (χ0) is 15.6. The Labute approximate surface area is 122 Å². The van der Waals surface area contributed by atoms with Crippen molar-refractivity contribution in [2.45, 2.75) is 13.5 Å². The maximum absolute atomic E-state index is 12.3. The second-order valence-corrected chi connectivity index (χ2v) is 6.39. The van der Waals surface area contributed by atoms with E-state index in [4.69, 9.17) is 5.73 Å². The highest BCUT2D eigenvalue weighted by Gasteiger charge is 2.14. The number of pyridine rings is 1. The number of hydrogen-bond acceptors (Lipinski definition) is 6. The molecule has 0 aromatic carbocycles. The first-order chi connectivity index (χ1) is 9.76. The van der Waals surface area contributed by atoms with Crippen LogP contribution in [0.5, 0.6) is 0 Å². The molecule has 0 radical (unpaired) electrons. The quantitative estimate of drug-likeness (QED) is 0.814. The molecule has 0 bridgehead atoms. The van der Waals surface area contributed by atoms with E-state index in [0.717, 1.165) is 10.9 Å². The maximum atomic E-state index is 12.3. The third-order valence-electron chi connectivity index (χ3n) is 2.63. The van der Waals surface area contributed by atoms with Gasteiger partial charge in [-0.25, -0.2) is 13.1 Å². The van der Waals surface area contributed by atoms with E-state index in [1.807, 2.05) is 0 Å². The van der Waals surface area contributed by atoms with E-state index in [2.05, 4.69) is 14.8 Å². The van der Waals surface area contributed by atoms with Crippen molar-refractivity contribution >= 4 is 21.7 Å². The van der Waals surface area contributed by atoms with E-state index >= 15 is 0 Å². The number of aryl methyl sites for hydroxylation is 1. The molecule has 2 aromatic heterocycles. The number of anilines is 1. The number of aromatic nitrogens is 3. The van der Waals surface area contributed by atoms with Crippen molar-refractivity contribution < 1.29 is 13.2 Å². The molecule has 2 rings (SSSR count). The molecule has 2 aromatic rings. The number of carbonyl (C=O) groups excluding carboxylic acids is 1. The monoisotopic (exact) mass is 309 g/mol. The molecule has 9 heteroatoms. The summed E-state index contributed by atoms with van der Waals surface area (Å²) in [6.45, 7) is 1.74. The first kappa shape index (κ1) is 15.1. The highest BCUT2D eigenvalue weighted by Crippen LogP contribution is 2.10. The topological polar surface area (TPSA) is 120 Å². The Bertz CT molecular complexity index is 782. The zero-order valence-electron chi connectivity index (χ0n) is 11.6. The fraction of sp³-hybridized carbons (Fsp3) is 0.250. The van der Waals surface area contributed by atoms with Crippen molar-refractivity contribution in [2.24, 2.45) is 0 Å². The molecular formula is C12H15N5O3S. The number of rotatable bonds is 4. The van der Waals surface area contributed by atoms with Crippen molar-refractivity contribution in [1.29, 1.82) is 0 Å². The average Bonchev–Trinajstić information content (AvgIpc) is 2.74. The molecule has 2 heterocycles. The molecule has 0 saturated carbocycles. The molecule has 0 spiro atoms. The number of carbonyl (C=O) groups is 1. The highest BCUT2D eigenvalue weighted by atomic mass is 32.2. The van der Waals surface area contributed by atoms with Gasteiger partial charge in [-0.05, 0) is 19.1 Å². The largest absolute Gasteiger partial charge is 0.383 e. The van der Waals surface area contributed by atoms with Gasteiger partial charge in [-0.1, -0.05) is 0 Å². The predicted molar refractivity (Wildman–Crippen MR) is 77.0 cm³/mol. The molecule has 0 amide bonds. The van der Waals surface area contributed by atoms with Gasteiger partial charge < -0.3 is 5.73 Å². The lowest BCUT2D eigenvalue weighted by Gasteiger charge is -2.05. The van der Waals surface area contributed by atoms with E-state index in [9.17, 15) is 13.2 Å². The average molecular weight is 309 g/mol. The summed E-state index contributed by atoms with van der Waals surface area (Å²) in [5.74, 6) is -0.159.